The summed E-state index contributed by atoms with van der Waals surface area (Å²) in [6.07, 6.45) is 9.96. The summed E-state index contributed by atoms with van der Waals surface area (Å²) in [4.78, 5) is 13.8. The Balaban J connectivity index is 1.46. The first-order chi connectivity index (χ1) is 15.5. The molecule has 0 fully saturated rings. The summed E-state index contributed by atoms with van der Waals surface area (Å²) in [5.41, 5.74) is 3.36. The molecule has 0 aliphatic heterocycles. The van der Waals surface area contributed by atoms with Crippen LogP contribution in [-0.4, -0.2) is 28.0 Å². The van der Waals surface area contributed by atoms with Gasteiger partial charge in [-0.2, -0.15) is 5.10 Å². The maximum atomic E-state index is 13.1. The van der Waals surface area contributed by atoms with Gasteiger partial charge in [0.15, 0.2) is 5.11 Å². The Morgan fingerprint density at radius 3 is 2.69 bits per heavy atom. The van der Waals surface area contributed by atoms with Crippen LogP contribution < -0.4 is 10.6 Å². The van der Waals surface area contributed by atoms with E-state index in [4.69, 9.17) is 17.0 Å². The number of halogens is 1. The number of hydrogen-bond donors (Lipinski definition) is 2. The number of ether oxygens (including phenoxy) is 1. The summed E-state index contributed by atoms with van der Waals surface area (Å²) >= 11 is 7.09. The second kappa shape index (κ2) is 10.2. The Kier molecular flexibility index (Phi) is 7.16. The van der Waals surface area contributed by atoms with Gasteiger partial charge in [0.1, 0.15) is 10.8 Å². The first kappa shape index (κ1) is 22.4. The first-order valence-electron chi connectivity index (χ1n) is 10.6. The zero-order valence-corrected chi connectivity index (χ0v) is 19.5. The number of methoxy groups -OCH3 is 1. The van der Waals surface area contributed by atoms with Gasteiger partial charge in [0.25, 0.3) is 0 Å². The van der Waals surface area contributed by atoms with Crippen LogP contribution in [0.3, 0.4) is 0 Å². The van der Waals surface area contributed by atoms with Crippen LogP contribution in [0.15, 0.2) is 36.7 Å². The molecule has 1 aromatic carbocycles. The lowest BCUT2D eigenvalue weighted by molar-refractivity contribution is 0.0601. The van der Waals surface area contributed by atoms with Crippen LogP contribution in [0.2, 0.25) is 0 Å². The molecule has 168 valence electrons. The standard InChI is InChI=1S/C23H25FN4O2S2/c1-30-22(29)20-18-6-4-2-3-5-7-19(18)32-21(20)27-23(31)26-17-12-25-28(14-17)13-15-8-10-16(24)11-9-15/h8-12,14H,2-7,13H2,1H3,(H2,26,27,31). The Morgan fingerprint density at radius 1 is 1.19 bits per heavy atom. The minimum Gasteiger partial charge on any atom is -0.465 e. The lowest BCUT2D eigenvalue weighted by Gasteiger charge is -2.11. The van der Waals surface area contributed by atoms with E-state index in [2.05, 4.69) is 15.7 Å². The molecule has 6 nitrogen and oxygen atoms in total. The maximum Gasteiger partial charge on any atom is 0.341 e. The Bertz CT molecular complexity index is 1110. The fourth-order valence-electron chi connectivity index (χ4n) is 3.88. The van der Waals surface area contributed by atoms with Crippen molar-refractivity contribution in [2.24, 2.45) is 0 Å². The monoisotopic (exact) mass is 472 g/mol. The molecule has 2 heterocycles. The smallest absolute Gasteiger partial charge is 0.341 e. The van der Waals surface area contributed by atoms with Crippen molar-refractivity contribution < 1.29 is 13.9 Å². The third kappa shape index (κ3) is 5.34. The predicted octanol–water partition coefficient (Wildman–Crippen LogP) is 5.39. The van der Waals surface area contributed by atoms with Gasteiger partial charge in [-0.05, 0) is 61.2 Å². The number of aryl methyl sites for hydroxylation is 1. The van der Waals surface area contributed by atoms with Crippen molar-refractivity contribution in [1.82, 2.24) is 9.78 Å². The van der Waals surface area contributed by atoms with Gasteiger partial charge in [-0.3, -0.25) is 4.68 Å². The summed E-state index contributed by atoms with van der Waals surface area (Å²) in [6.45, 7) is 0.520. The number of carbonyl (C=O) groups is 1. The number of hydrogen-bond acceptors (Lipinski definition) is 5. The summed E-state index contributed by atoms with van der Waals surface area (Å²) in [5, 5.41) is 11.8. The molecule has 4 rings (SSSR count). The fourth-order valence-corrected chi connectivity index (χ4v) is 5.45. The number of aromatic nitrogens is 2. The molecule has 0 atom stereocenters. The van der Waals surface area contributed by atoms with Crippen molar-refractivity contribution in [3.63, 3.8) is 0 Å². The topological polar surface area (TPSA) is 68.2 Å². The average molecular weight is 473 g/mol. The molecule has 32 heavy (non-hydrogen) atoms. The summed E-state index contributed by atoms with van der Waals surface area (Å²) in [6, 6.07) is 6.32. The third-order valence-corrected chi connectivity index (χ3v) is 6.85. The SMILES string of the molecule is COC(=O)c1c(NC(=S)Nc2cnn(Cc3ccc(F)cc3)c2)sc2c1CCCCCC2. The summed E-state index contributed by atoms with van der Waals surface area (Å²) in [5.74, 6) is -0.596. The third-order valence-electron chi connectivity index (χ3n) is 5.44. The van der Waals surface area contributed by atoms with Crippen LogP contribution in [0.5, 0.6) is 0 Å². The van der Waals surface area contributed by atoms with Gasteiger partial charge in [-0.25, -0.2) is 9.18 Å². The van der Waals surface area contributed by atoms with Gasteiger partial charge in [0, 0.05) is 11.1 Å². The van der Waals surface area contributed by atoms with E-state index in [1.165, 1.54) is 37.0 Å². The molecule has 3 aromatic rings. The van der Waals surface area contributed by atoms with Gasteiger partial charge in [-0.15, -0.1) is 11.3 Å². The van der Waals surface area contributed by atoms with Crippen LogP contribution in [0, 0.1) is 5.82 Å². The quantitative estimate of drug-likeness (QED) is 0.384. The number of esters is 1. The van der Waals surface area contributed by atoms with Gasteiger partial charge < -0.3 is 15.4 Å². The van der Waals surface area contributed by atoms with Crippen molar-refractivity contribution >= 4 is 45.3 Å². The highest BCUT2D eigenvalue weighted by Crippen LogP contribution is 2.37. The van der Waals surface area contributed by atoms with E-state index in [-0.39, 0.29) is 11.8 Å². The highest BCUT2D eigenvalue weighted by molar-refractivity contribution is 7.80. The molecular formula is C23H25FN4O2S2. The molecule has 0 unspecified atom stereocenters. The fraction of sp³-hybridized carbons (Fsp3) is 0.348. The Labute approximate surface area is 195 Å². The number of nitrogens with zero attached hydrogens (tertiary/aromatic N) is 2. The lowest BCUT2D eigenvalue weighted by atomic mass is 9.96. The molecule has 9 heteroatoms. The number of nitrogens with one attached hydrogen (secondary N) is 2. The Hall–Kier alpha value is -2.78. The molecular weight excluding hydrogens is 447 g/mol. The van der Waals surface area contributed by atoms with Gasteiger partial charge in [0.2, 0.25) is 0 Å². The largest absolute Gasteiger partial charge is 0.465 e. The molecule has 1 aliphatic rings. The van der Waals surface area contributed by atoms with Crippen LogP contribution in [0.25, 0.3) is 0 Å². The molecule has 0 saturated heterocycles. The van der Waals surface area contributed by atoms with Gasteiger partial charge in [0.05, 0.1) is 31.1 Å². The van der Waals surface area contributed by atoms with Crippen molar-refractivity contribution in [2.75, 3.05) is 17.7 Å². The zero-order valence-electron chi connectivity index (χ0n) is 17.8. The number of thiophene rings is 1. The number of rotatable bonds is 5. The maximum absolute atomic E-state index is 13.1. The van der Waals surface area contributed by atoms with Gasteiger partial charge in [-0.1, -0.05) is 25.0 Å². The van der Waals surface area contributed by atoms with Crippen molar-refractivity contribution in [1.29, 1.82) is 0 Å². The molecule has 0 radical (unpaired) electrons. The average Bonchev–Trinajstić information content (AvgIpc) is 3.33. The molecule has 2 N–H and O–H groups in total. The number of fused-ring (bicyclic) bond motifs is 1. The minimum absolute atomic E-state index is 0.263. The van der Waals surface area contributed by atoms with Crippen molar-refractivity contribution in [2.45, 2.75) is 45.1 Å². The van der Waals surface area contributed by atoms with Gasteiger partial charge >= 0.3 is 5.97 Å². The predicted molar refractivity (Wildman–Crippen MR) is 129 cm³/mol. The molecule has 0 amide bonds. The minimum atomic E-state index is -0.333. The number of carbonyl (C=O) groups excluding carboxylic acids is 1. The molecule has 0 bridgehead atoms. The Morgan fingerprint density at radius 2 is 1.94 bits per heavy atom. The summed E-state index contributed by atoms with van der Waals surface area (Å²) in [7, 11) is 1.41. The highest BCUT2D eigenvalue weighted by Gasteiger charge is 2.25. The normalized spacial score (nSPS) is 13.6. The first-order valence-corrected chi connectivity index (χ1v) is 11.8. The molecule has 1 aliphatic carbocycles. The number of anilines is 2. The zero-order chi connectivity index (χ0) is 22.5. The van der Waals surface area contributed by atoms with Crippen molar-refractivity contribution in [3.05, 3.63) is 64.0 Å². The van der Waals surface area contributed by atoms with E-state index in [1.54, 1.807) is 34.3 Å². The van der Waals surface area contributed by atoms with Crippen LogP contribution in [0.1, 0.15) is 52.0 Å². The van der Waals surface area contributed by atoms with E-state index < -0.39 is 0 Å². The van der Waals surface area contributed by atoms with Crippen LogP contribution >= 0.6 is 23.6 Å². The van der Waals surface area contributed by atoms with Crippen LogP contribution in [-0.2, 0) is 24.1 Å². The second-order valence-electron chi connectivity index (χ2n) is 7.75. The molecule has 2 aromatic heterocycles. The van der Waals surface area contributed by atoms with E-state index in [0.717, 1.165) is 47.5 Å². The van der Waals surface area contributed by atoms with E-state index in [0.29, 0.717) is 17.2 Å². The highest BCUT2D eigenvalue weighted by atomic mass is 32.1. The summed E-state index contributed by atoms with van der Waals surface area (Å²) < 4.78 is 19.9. The lowest BCUT2D eigenvalue weighted by Crippen LogP contribution is -2.20. The molecule has 0 spiro atoms. The van der Waals surface area contributed by atoms with E-state index in [9.17, 15) is 9.18 Å². The number of thiocarbonyl (C=S) groups is 1. The second-order valence-corrected chi connectivity index (χ2v) is 9.26. The number of benzene rings is 1. The molecule has 0 saturated carbocycles. The van der Waals surface area contributed by atoms with E-state index >= 15 is 0 Å². The van der Waals surface area contributed by atoms with Crippen molar-refractivity contribution in [3.8, 4) is 0 Å². The van der Waals surface area contributed by atoms with E-state index in [1.807, 2.05) is 6.20 Å². The van der Waals surface area contributed by atoms with Crippen LogP contribution in [0.4, 0.5) is 15.1 Å².